The first-order chi connectivity index (χ1) is 6.58. The fourth-order valence-corrected chi connectivity index (χ4v) is 3.21. The van der Waals surface area contributed by atoms with Crippen LogP contribution in [0.15, 0.2) is 18.2 Å². The first kappa shape index (κ1) is 9.92. The van der Waals surface area contributed by atoms with Crippen LogP contribution in [0.1, 0.15) is 15.2 Å². The third-order valence-electron chi connectivity index (χ3n) is 1.96. The maximum atomic E-state index is 10.9. The van der Waals surface area contributed by atoms with Crippen molar-refractivity contribution in [3.63, 3.8) is 0 Å². The van der Waals surface area contributed by atoms with Crippen LogP contribution in [0.25, 0.3) is 10.1 Å². The van der Waals surface area contributed by atoms with Crippen molar-refractivity contribution < 1.29 is 9.90 Å². The van der Waals surface area contributed by atoms with E-state index in [1.54, 1.807) is 17.4 Å². The van der Waals surface area contributed by atoms with Gasteiger partial charge in [-0.2, -0.15) is 0 Å². The smallest absolute Gasteiger partial charge is 0.336 e. The second-order valence-corrected chi connectivity index (χ2v) is 5.48. The van der Waals surface area contributed by atoms with Crippen LogP contribution >= 0.6 is 33.9 Å². The Morgan fingerprint density at radius 3 is 2.79 bits per heavy atom. The van der Waals surface area contributed by atoms with Crippen molar-refractivity contribution in [2.75, 3.05) is 0 Å². The van der Waals surface area contributed by atoms with Crippen molar-refractivity contribution in [2.45, 2.75) is 6.92 Å². The van der Waals surface area contributed by atoms with Crippen LogP contribution in [0.5, 0.6) is 0 Å². The van der Waals surface area contributed by atoms with Gasteiger partial charge in [-0.05, 0) is 53.1 Å². The molecule has 0 spiro atoms. The molecule has 0 bridgehead atoms. The minimum absolute atomic E-state index is 0.385. The maximum absolute atomic E-state index is 10.9. The average molecular weight is 318 g/mol. The molecule has 72 valence electrons. The molecule has 2 nitrogen and oxygen atoms in total. The van der Waals surface area contributed by atoms with E-state index in [0.717, 1.165) is 13.7 Å². The highest BCUT2D eigenvalue weighted by Gasteiger charge is 2.10. The van der Waals surface area contributed by atoms with Crippen LogP contribution in [-0.2, 0) is 0 Å². The fraction of sp³-hybridized carbons (Fsp3) is 0.100. The van der Waals surface area contributed by atoms with Gasteiger partial charge in [0.1, 0.15) is 0 Å². The minimum atomic E-state index is -0.861. The van der Waals surface area contributed by atoms with Crippen molar-refractivity contribution in [2.24, 2.45) is 0 Å². The van der Waals surface area contributed by atoms with Gasteiger partial charge in [0.2, 0.25) is 0 Å². The highest BCUT2D eigenvalue weighted by Crippen LogP contribution is 2.28. The van der Waals surface area contributed by atoms with Crippen molar-refractivity contribution in [3.8, 4) is 0 Å². The largest absolute Gasteiger partial charge is 0.478 e. The molecule has 0 atom stereocenters. The molecule has 0 aliphatic heterocycles. The SMILES string of the molecule is Cc1cc2cc(C(=O)O)c(I)cc2s1. The fourth-order valence-electron chi connectivity index (χ4n) is 1.36. The molecular formula is C10H7IO2S. The number of benzene rings is 1. The number of carbonyl (C=O) groups is 1. The Bertz CT molecular complexity index is 516. The van der Waals surface area contributed by atoms with E-state index < -0.39 is 5.97 Å². The topological polar surface area (TPSA) is 37.3 Å². The second kappa shape index (κ2) is 3.51. The molecular weight excluding hydrogens is 311 g/mol. The molecule has 0 saturated heterocycles. The number of fused-ring (bicyclic) bond motifs is 1. The van der Waals surface area contributed by atoms with Gasteiger partial charge in [0.15, 0.2) is 0 Å². The molecule has 0 unspecified atom stereocenters. The first-order valence-electron chi connectivity index (χ1n) is 4.01. The van der Waals surface area contributed by atoms with Crippen molar-refractivity contribution in [3.05, 3.63) is 32.2 Å². The number of hydrogen-bond donors (Lipinski definition) is 1. The van der Waals surface area contributed by atoms with Crippen LogP contribution < -0.4 is 0 Å². The molecule has 1 aromatic heterocycles. The number of halogens is 1. The first-order valence-corrected chi connectivity index (χ1v) is 5.90. The summed E-state index contributed by atoms with van der Waals surface area (Å²) in [6.07, 6.45) is 0. The van der Waals surface area contributed by atoms with Crippen molar-refractivity contribution >= 4 is 50.0 Å². The molecule has 0 aliphatic rings. The van der Waals surface area contributed by atoms with Gasteiger partial charge in [-0.15, -0.1) is 11.3 Å². The van der Waals surface area contributed by atoms with Gasteiger partial charge < -0.3 is 5.11 Å². The number of aromatic carboxylic acids is 1. The predicted octanol–water partition coefficient (Wildman–Crippen LogP) is 3.51. The van der Waals surface area contributed by atoms with E-state index in [4.69, 9.17) is 5.11 Å². The Balaban J connectivity index is 2.76. The van der Waals surface area contributed by atoms with E-state index in [0.29, 0.717) is 5.56 Å². The molecule has 0 amide bonds. The molecule has 2 rings (SSSR count). The van der Waals surface area contributed by atoms with Gasteiger partial charge in [0.25, 0.3) is 0 Å². The summed E-state index contributed by atoms with van der Waals surface area (Å²) in [6, 6.07) is 5.68. The molecule has 4 heteroatoms. The summed E-state index contributed by atoms with van der Waals surface area (Å²) < 4.78 is 1.95. The van der Waals surface area contributed by atoms with Crippen LogP contribution in [0.4, 0.5) is 0 Å². The van der Waals surface area contributed by atoms with E-state index >= 15 is 0 Å². The van der Waals surface area contributed by atoms with Gasteiger partial charge in [0.05, 0.1) is 5.56 Å². The van der Waals surface area contributed by atoms with E-state index in [-0.39, 0.29) is 0 Å². The Morgan fingerprint density at radius 2 is 2.14 bits per heavy atom. The minimum Gasteiger partial charge on any atom is -0.478 e. The lowest BCUT2D eigenvalue weighted by Gasteiger charge is -1.98. The van der Waals surface area contributed by atoms with Gasteiger partial charge in [0, 0.05) is 13.1 Å². The molecule has 1 N–H and O–H groups in total. The van der Waals surface area contributed by atoms with E-state index in [1.807, 2.05) is 19.1 Å². The number of rotatable bonds is 1. The standard InChI is InChI=1S/C10H7IO2S/c1-5-2-6-3-7(10(12)13)8(11)4-9(6)14-5/h2-4H,1H3,(H,12,13). The molecule has 1 heterocycles. The lowest BCUT2D eigenvalue weighted by molar-refractivity contribution is 0.0696. The monoisotopic (exact) mass is 318 g/mol. The maximum Gasteiger partial charge on any atom is 0.336 e. The van der Waals surface area contributed by atoms with Crippen molar-refractivity contribution in [1.82, 2.24) is 0 Å². The molecule has 0 saturated carbocycles. The third-order valence-corrected chi connectivity index (χ3v) is 3.87. The van der Waals surface area contributed by atoms with Crippen LogP contribution in [0, 0.1) is 10.5 Å². The predicted molar refractivity (Wildman–Crippen MR) is 66.2 cm³/mol. The lowest BCUT2D eigenvalue weighted by Crippen LogP contribution is -1.98. The van der Waals surface area contributed by atoms with Gasteiger partial charge in [-0.3, -0.25) is 0 Å². The average Bonchev–Trinajstić information content (AvgIpc) is 2.42. The third kappa shape index (κ3) is 1.64. The van der Waals surface area contributed by atoms with Gasteiger partial charge >= 0.3 is 5.97 Å². The molecule has 0 fully saturated rings. The van der Waals surface area contributed by atoms with Crippen LogP contribution in [-0.4, -0.2) is 11.1 Å². The number of aryl methyl sites for hydroxylation is 1. The lowest BCUT2D eigenvalue weighted by atomic mass is 10.1. The van der Waals surface area contributed by atoms with Crippen LogP contribution in [0.3, 0.4) is 0 Å². The number of hydrogen-bond acceptors (Lipinski definition) is 2. The highest BCUT2D eigenvalue weighted by molar-refractivity contribution is 14.1. The summed E-state index contributed by atoms with van der Waals surface area (Å²) >= 11 is 3.75. The van der Waals surface area contributed by atoms with E-state index in [2.05, 4.69) is 22.6 Å². The second-order valence-electron chi connectivity index (χ2n) is 3.03. The molecule has 0 aliphatic carbocycles. The normalized spacial score (nSPS) is 10.7. The zero-order chi connectivity index (χ0) is 10.3. The highest BCUT2D eigenvalue weighted by atomic mass is 127. The Hall–Kier alpha value is -0.620. The Kier molecular flexibility index (Phi) is 2.48. The van der Waals surface area contributed by atoms with E-state index in [1.165, 1.54) is 4.88 Å². The summed E-state index contributed by atoms with van der Waals surface area (Å²) in [5, 5.41) is 9.95. The number of thiophene rings is 1. The summed E-state index contributed by atoms with van der Waals surface area (Å²) in [6.45, 7) is 2.03. The molecule has 14 heavy (non-hydrogen) atoms. The number of carboxylic acids is 1. The summed E-state index contributed by atoms with van der Waals surface area (Å²) in [4.78, 5) is 12.1. The van der Waals surface area contributed by atoms with Gasteiger partial charge in [-0.25, -0.2) is 4.79 Å². The summed E-state index contributed by atoms with van der Waals surface area (Å²) in [5.74, 6) is -0.861. The molecule has 1 aromatic carbocycles. The number of carboxylic acid groups (broad SMARTS) is 1. The Morgan fingerprint density at radius 1 is 1.43 bits per heavy atom. The summed E-state index contributed by atoms with van der Waals surface area (Å²) in [7, 11) is 0. The molecule has 0 radical (unpaired) electrons. The van der Waals surface area contributed by atoms with Crippen LogP contribution in [0.2, 0.25) is 0 Å². The zero-order valence-corrected chi connectivity index (χ0v) is 10.3. The van der Waals surface area contributed by atoms with Gasteiger partial charge in [-0.1, -0.05) is 0 Å². The summed E-state index contributed by atoms with van der Waals surface area (Å²) in [5.41, 5.74) is 0.385. The van der Waals surface area contributed by atoms with Crippen molar-refractivity contribution in [1.29, 1.82) is 0 Å². The zero-order valence-electron chi connectivity index (χ0n) is 7.37. The Labute approximate surface area is 98.7 Å². The van der Waals surface area contributed by atoms with E-state index in [9.17, 15) is 4.79 Å². The quantitative estimate of drug-likeness (QED) is 0.817. The molecule has 2 aromatic rings.